The van der Waals surface area contributed by atoms with Crippen molar-refractivity contribution in [1.29, 1.82) is 0 Å². The van der Waals surface area contributed by atoms with E-state index in [4.69, 9.17) is 15.3 Å². The molecular weight excluding hydrogens is 206 g/mol. The highest BCUT2D eigenvalue weighted by molar-refractivity contribution is 5.88. The van der Waals surface area contributed by atoms with Crippen molar-refractivity contribution in [2.24, 2.45) is 0 Å². The molecule has 80 valence electrons. The molecule has 0 saturated heterocycles. The van der Waals surface area contributed by atoms with Gasteiger partial charge in [-0.1, -0.05) is 0 Å². The fraction of sp³-hybridized carbons (Fsp3) is 0. The van der Waals surface area contributed by atoms with E-state index in [9.17, 15) is 4.79 Å². The number of carboxylic acids is 1. The minimum Gasteiger partial charge on any atom is -0.504 e. The van der Waals surface area contributed by atoms with Crippen LogP contribution in [0.4, 0.5) is 0 Å². The minimum atomic E-state index is -1.24. The average Bonchev–Trinajstić information content (AvgIpc) is 2.77. The molecule has 4 N–H and O–H groups in total. The van der Waals surface area contributed by atoms with Crippen molar-refractivity contribution in [1.82, 2.24) is 15.4 Å². The zero-order chi connectivity index (χ0) is 11.3. The quantitative estimate of drug-likeness (QED) is 0.531. The number of hydrogen-bond acceptors (Lipinski definition) is 6. The van der Waals surface area contributed by atoms with Gasteiger partial charge in [0.15, 0.2) is 5.75 Å². The summed E-state index contributed by atoms with van der Waals surface area (Å²) in [6.07, 6.45) is 2.40. The third-order valence-corrected chi connectivity index (χ3v) is 1.25. The van der Waals surface area contributed by atoms with E-state index in [0.717, 1.165) is 6.20 Å². The lowest BCUT2D eigenvalue weighted by molar-refractivity contribution is 0.0687. The Morgan fingerprint density at radius 2 is 2.20 bits per heavy atom. The molecule has 2 aromatic rings. The smallest absolute Gasteiger partial charge is 0.360 e. The first-order valence-corrected chi connectivity index (χ1v) is 3.66. The maximum absolute atomic E-state index is 10.0. The number of H-pyrrole nitrogens is 1. The Bertz CT molecular complexity index is 422. The molecule has 2 aromatic heterocycles. The van der Waals surface area contributed by atoms with Crippen LogP contribution in [0, 0.1) is 0 Å². The summed E-state index contributed by atoms with van der Waals surface area (Å²) in [5, 5.41) is 33.7. The molecule has 0 aliphatic heterocycles. The van der Waals surface area contributed by atoms with Crippen molar-refractivity contribution in [3.05, 3.63) is 24.2 Å². The number of aromatic nitrogens is 3. The van der Waals surface area contributed by atoms with Gasteiger partial charge in [0.1, 0.15) is 6.26 Å². The SMILES string of the molecule is O=C(O)c1n[nH]cc1O.Oc1ccon1. The summed E-state index contributed by atoms with van der Waals surface area (Å²) in [5.41, 5.74) is -0.352. The van der Waals surface area contributed by atoms with Gasteiger partial charge in [0.2, 0.25) is 5.69 Å². The van der Waals surface area contributed by atoms with Crippen molar-refractivity contribution in [3.63, 3.8) is 0 Å². The van der Waals surface area contributed by atoms with Gasteiger partial charge >= 0.3 is 5.97 Å². The van der Waals surface area contributed by atoms with Crippen LogP contribution >= 0.6 is 0 Å². The number of aromatic amines is 1. The molecule has 0 amide bonds. The van der Waals surface area contributed by atoms with Crippen LogP contribution in [0.25, 0.3) is 0 Å². The van der Waals surface area contributed by atoms with Gasteiger partial charge in [-0.25, -0.2) is 4.79 Å². The molecule has 8 nitrogen and oxygen atoms in total. The van der Waals surface area contributed by atoms with Crippen molar-refractivity contribution >= 4 is 5.97 Å². The molecule has 0 radical (unpaired) electrons. The summed E-state index contributed by atoms with van der Waals surface area (Å²) in [6.45, 7) is 0. The first-order valence-electron chi connectivity index (χ1n) is 3.66. The predicted octanol–water partition coefficient (Wildman–Crippen LogP) is 0.194. The Morgan fingerprint density at radius 1 is 1.47 bits per heavy atom. The van der Waals surface area contributed by atoms with Crippen LogP contribution in [0.2, 0.25) is 0 Å². The van der Waals surface area contributed by atoms with E-state index < -0.39 is 5.97 Å². The third-order valence-electron chi connectivity index (χ3n) is 1.25. The van der Waals surface area contributed by atoms with Crippen molar-refractivity contribution in [2.75, 3.05) is 0 Å². The van der Waals surface area contributed by atoms with E-state index in [1.165, 1.54) is 12.3 Å². The van der Waals surface area contributed by atoms with Crippen LogP contribution in [-0.2, 0) is 0 Å². The lowest BCUT2D eigenvalue weighted by atomic mass is 10.4. The molecule has 0 bridgehead atoms. The van der Waals surface area contributed by atoms with Gasteiger partial charge in [-0.05, 0) is 5.16 Å². The van der Waals surface area contributed by atoms with Gasteiger partial charge in [0, 0.05) is 6.07 Å². The molecule has 2 heterocycles. The summed E-state index contributed by atoms with van der Waals surface area (Å²) >= 11 is 0. The zero-order valence-electron chi connectivity index (χ0n) is 7.28. The first-order chi connectivity index (χ1) is 7.11. The second-order valence-electron chi connectivity index (χ2n) is 2.28. The number of aromatic hydroxyl groups is 2. The maximum atomic E-state index is 10.0. The summed E-state index contributed by atoms with van der Waals surface area (Å²) in [6, 6.07) is 1.36. The summed E-state index contributed by atoms with van der Waals surface area (Å²) in [7, 11) is 0. The van der Waals surface area contributed by atoms with Crippen LogP contribution in [0.3, 0.4) is 0 Å². The number of carboxylic acid groups (broad SMARTS) is 1. The van der Waals surface area contributed by atoms with E-state index in [0.29, 0.717) is 0 Å². The van der Waals surface area contributed by atoms with Crippen molar-refractivity contribution < 1.29 is 24.6 Å². The molecule has 0 fully saturated rings. The summed E-state index contributed by atoms with van der Waals surface area (Å²) in [4.78, 5) is 10.0. The molecule has 0 unspecified atom stereocenters. The number of nitrogens with one attached hydrogen (secondary N) is 1. The molecule has 15 heavy (non-hydrogen) atoms. The lowest BCUT2D eigenvalue weighted by Crippen LogP contribution is -1.96. The number of carbonyl (C=O) groups is 1. The Labute approximate surface area is 82.8 Å². The van der Waals surface area contributed by atoms with Gasteiger partial charge in [-0.2, -0.15) is 5.10 Å². The van der Waals surface area contributed by atoms with E-state index in [2.05, 4.69) is 19.9 Å². The molecule has 0 aromatic carbocycles. The Balaban J connectivity index is 0.000000162. The fourth-order valence-corrected chi connectivity index (χ4v) is 0.647. The van der Waals surface area contributed by atoms with Crippen molar-refractivity contribution in [2.45, 2.75) is 0 Å². The second-order valence-corrected chi connectivity index (χ2v) is 2.28. The van der Waals surface area contributed by atoms with Gasteiger partial charge in [0.25, 0.3) is 5.88 Å². The van der Waals surface area contributed by atoms with Crippen LogP contribution in [0.1, 0.15) is 10.5 Å². The lowest BCUT2D eigenvalue weighted by Gasteiger charge is -1.83. The van der Waals surface area contributed by atoms with Crippen LogP contribution in [-0.4, -0.2) is 36.6 Å². The summed E-state index contributed by atoms with van der Waals surface area (Å²) < 4.78 is 4.21. The largest absolute Gasteiger partial charge is 0.504 e. The predicted molar refractivity (Wildman–Crippen MR) is 45.4 cm³/mol. The van der Waals surface area contributed by atoms with Gasteiger partial charge in [-0.3, -0.25) is 5.10 Å². The van der Waals surface area contributed by atoms with Crippen molar-refractivity contribution in [3.8, 4) is 11.6 Å². The molecule has 2 rings (SSSR count). The molecule has 0 aliphatic carbocycles. The number of aromatic carboxylic acids is 1. The van der Waals surface area contributed by atoms with Gasteiger partial charge in [0.05, 0.1) is 6.20 Å². The molecular formula is C7H7N3O5. The van der Waals surface area contributed by atoms with Crippen LogP contribution in [0.15, 0.2) is 23.0 Å². The molecule has 0 saturated carbocycles. The second kappa shape index (κ2) is 4.65. The maximum Gasteiger partial charge on any atom is 0.360 e. The van der Waals surface area contributed by atoms with Crippen LogP contribution < -0.4 is 0 Å². The average molecular weight is 213 g/mol. The summed E-state index contributed by atoms with van der Waals surface area (Å²) in [5.74, 6) is -1.66. The number of rotatable bonds is 1. The fourth-order valence-electron chi connectivity index (χ4n) is 0.647. The zero-order valence-corrected chi connectivity index (χ0v) is 7.28. The normalized spacial score (nSPS) is 9.07. The standard InChI is InChI=1S/C4H4N2O3.C3H3NO2/c7-2-1-5-6-3(2)4(8)9;5-3-1-2-6-4-3/h1,7H,(H,5,6)(H,8,9);1-2H,(H,4,5). The van der Waals surface area contributed by atoms with Gasteiger partial charge in [-0.15, -0.1) is 0 Å². The monoisotopic (exact) mass is 213 g/mol. The molecule has 0 aliphatic rings. The Morgan fingerprint density at radius 3 is 2.40 bits per heavy atom. The van der Waals surface area contributed by atoms with E-state index >= 15 is 0 Å². The van der Waals surface area contributed by atoms with E-state index in [1.807, 2.05) is 0 Å². The van der Waals surface area contributed by atoms with Crippen LogP contribution in [0.5, 0.6) is 11.6 Å². The minimum absolute atomic E-state index is 0.0741. The third kappa shape index (κ3) is 3.03. The highest BCUT2D eigenvalue weighted by atomic mass is 16.5. The highest BCUT2D eigenvalue weighted by Gasteiger charge is 2.10. The van der Waals surface area contributed by atoms with E-state index in [1.54, 1.807) is 0 Å². The number of nitrogens with zero attached hydrogens (tertiary/aromatic N) is 2. The molecule has 0 spiro atoms. The van der Waals surface area contributed by atoms with Gasteiger partial charge < -0.3 is 19.8 Å². The topological polar surface area (TPSA) is 132 Å². The van der Waals surface area contributed by atoms with E-state index in [-0.39, 0.29) is 17.3 Å². The number of hydrogen-bond donors (Lipinski definition) is 4. The highest BCUT2D eigenvalue weighted by Crippen LogP contribution is 2.10. The Hall–Kier alpha value is -2.51. The molecule has 0 atom stereocenters. The first kappa shape index (κ1) is 10.6. The molecule has 8 heteroatoms. The Kier molecular flexibility index (Phi) is 3.28.